The fourth-order valence-electron chi connectivity index (χ4n) is 2.78. The van der Waals surface area contributed by atoms with E-state index in [4.69, 9.17) is 16.1 Å². The van der Waals surface area contributed by atoms with Crippen molar-refractivity contribution in [1.29, 1.82) is 0 Å². The van der Waals surface area contributed by atoms with Crippen LogP contribution in [-0.2, 0) is 0 Å². The van der Waals surface area contributed by atoms with E-state index in [1.54, 1.807) is 0 Å². The average molecular weight is 271 g/mol. The monoisotopic (exact) mass is 270 g/mol. The molecule has 0 aromatic carbocycles. The molecule has 1 atom stereocenters. The van der Waals surface area contributed by atoms with Gasteiger partial charge in [-0.1, -0.05) is 25.9 Å². The Bertz CT molecular complexity index is 387. The lowest BCUT2D eigenvalue weighted by Crippen LogP contribution is -2.25. The molecule has 18 heavy (non-hydrogen) atoms. The highest BCUT2D eigenvalue weighted by Gasteiger charge is 2.32. The van der Waals surface area contributed by atoms with Crippen LogP contribution in [0.15, 0.2) is 4.52 Å². The van der Waals surface area contributed by atoms with Gasteiger partial charge in [0.1, 0.15) is 0 Å². The molecule has 2 rings (SSSR count). The summed E-state index contributed by atoms with van der Waals surface area (Å²) in [5.41, 5.74) is 0.412. The van der Waals surface area contributed by atoms with Gasteiger partial charge in [-0.3, -0.25) is 0 Å². The van der Waals surface area contributed by atoms with Crippen molar-refractivity contribution in [2.75, 3.05) is 0 Å². The summed E-state index contributed by atoms with van der Waals surface area (Å²) < 4.78 is 5.34. The SMILES string of the molecule is CC(Cl)c1noc(C2CCC(C(C)(C)C)CC2)n1. The maximum Gasteiger partial charge on any atom is 0.229 e. The van der Waals surface area contributed by atoms with Crippen LogP contribution in [0.2, 0.25) is 0 Å². The lowest BCUT2D eigenvalue weighted by atomic mass is 9.70. The van der Waals surface area contributed by atoms with Crippen LogP contribution in [0.1, 0.15) is 76.4 Å². The van der Waals surface area contributed by atoms with Gasteiger partial charge < -0.3 is 4.52 Å². The molecular weight excluding hydrogens is 248 g/mol. The Morgan fingerprint density at radius 1 is 1.22 bits per heavy atom. The number of hydrogen-bond acceptors (Lipinski definition) is 3. The van der Waals surface area contributed by atoms with Gasteiger partial charge in [-0.05, 0) is 43.9 Å². The van der Waals surface area contributed by atoms with E-state index in [1.165, 1.54) is 12.8 Å². The van der Waals surface area contributed by atoms with Crippen LogP contribution in [0.4, 0.5) is 0 Å². The van der Waals surface area contributed by atoms with Crippen LogP contribution in [0.25, 0.3) is 0 Å². The molecule has 1 saturated carbocycles. The summed E-state index contributed by atoms with van der Waals surface area (Å²) in [5, 5.41) is 3.77. The lowest BCUT2D eigenvalue weighted by Gasteiger charge is -2.35. The van der Waals surface area contributed by atoms with Gasteiger partial charge in [-0.15, -0.1) is 11.6 Å². The molecule has 1 fully saturated rings. The van der Waals surface area contributed by atoms with E-state index < -0.39 is 0 Å². The highest BCUT2D eigenvalue weighted by molar-refractivity contribution is 6.20. The van der Waals surface area contributed by atoms with Crippen molar-refractivity contribution in [2.45, 2.75) is 64.7 Å². The van der Waals surface area contributed by atoms with E-state index in [-0.39, 0.29) is 5.38 Å². The first-order valence-electron chi connectivity index (χ1n) is 6.85. The third kappa shape index (κ3) is 3.05. The van der Waals surface area contributed by atoms with Crippen LogP contribution < -0.4 is 0 Å². The topological polar surface area (TPSA) is 38.9 Å². The number of aromatic nitrogens is 2. The molecule has 1 heterocycles. The van der Waals surface area contributed by atoms with Crippen molar-refractivity contribution in [1.82, 2.24) is 10.1 Å². The fourth-order valence-corrected chi connectivity index (χ4v) is 2.87. The molecular formula is C14H23ClN2O. The first kappa shape index (κ1) is 13.9. The van der Waals surface area contributed by atoms with Crippen LogP contribution >= 0.6 is 11.6 Å². The molecule has 0 spiro atoms. The normalized spacial score (nSPS) is 27.2. The summed E-state index contributed by atoms with van der Waals surface area (Å²) in [6.07, 6.45) is 4.81. The average Bonchev–Trinajstić information content (AvgIpc) is 2.77. The number of halogens is 1. The van der Waals surface area contributed by atoms with Gasteiger partial charge in [0.15, 0.2) is 5.82 Å². The Morgan fingerprint density at radius 3 is 2.28 bits per heavy atom. The highest BCUT2D eigenvalue weighted by Crippen LogP contribution is 2.42. The van der Waals surface area contributed by atoms with Gasteiger partial charge >= 0.3 is 0 Å². The Morgan fingerprint density at radius 2 is 1.83 bits per heavy atom. The second-order valence-electron chi connectivity index (χ2n) is 6.52. The van der Waals surface area contributed by atoms with Crippen LogP contribution in [0.3, 0.4) is 0 Å². The maximum absolute atomic E-state index is 5.95. The summed E-state index contributed by atoms with van der Waals surface area (Å²) >= 11 is 5.95. The van der Waals surface area contributed by atoms with Gasteiger partial charge in [0.05, 0.1) is 5.38 Å². The van der Waals surface area contributed by atoms with Crippen LogP contribution in [-0.4, -0.2) is 10.1 Å². The molecule has 4 heteroatoms. The molecule has 0 aliphatic heterocycles. The van der Waals surface area contributed by atoms with Gasteiger partial charge in [0, 0.05) is 5.92 Å². The summed E-state index contributed by atoms with van der Waals surface area (Å²) in [6, 6.07) is 0. The van der Waals surface area contributed by atoms with Crippen molar-refractivity contribution in [3.63, 3.8) is 0 Å². The quantitative estimate of drug-likeness (QED) is 0.732. The minimum absolute atomic E-state index is 0.173. The molecule has 1 aliphatic carbocycles. The first-order chi connectivity index (χ1) is 8.38. The molecule has 0 saturated heterocycles. The zero-order valence-electron chi connectivity index (χ0n) is 11.7. The second-order valence-corrected chi connectivity index (χ2v) is 7.18. The molecule has 102 valence electrons. The van der Waals surface area contributed by atoms with Gasteiger partial charge in [0.2, 0.25) is 5.89 Å². The molecule has 0 bridgehead atoms. The predicted molar refractivity (Wildman–Crippen MR) is 72.7 cm³/mol. The van der Waals surface area contributed by atoms with Crippen molar-refractivity contribution in [3.8, 4) is 0 Å². The summed E-state index contributed by atoms with van der Waals surface area (Å²) in [6.45, 7) is 8.86. The number of rotatable bonds is 2. The second kappa shape index (κ2) is 5.20. The van der Waals surface area contributed by atoms with Gasteiger partial charge in [-0.25, -0.2) is 0 Å². The van der Waals surface area contributed by atoms with Crippen LogP contribution in [0.5, 0.6) is 0 Å². The van der Waals surface area contributed by atoms with Crippen molar-refractivity contribution >= 4 is 11.6 Å². The number of hydrogen-bond donors (Lipinski definition) is 0. The smallest absolute Gasteiger partial charge is 0.229 e. The minimum Gasteiger partial charge on any atom is -0.339 e. The standard InChI is InChI=1S/C14H23ClN2O/c1-9(15)12-16-13(18-17-12)10-5-7-11(8-6-10)14(2,3)4/h9-11H,5-8H2,1-4H3. The van der Waals surface area contributed by atoms with E-state index in [9.17, 15) is 0 Å². The maximum atomic E-state index is 5.95. The molecule has 1 aromatic heterocycles. The third-order valence-electron chi connectivity index (χ3n) is 4.11. The lowest BCUT2D eigenvalue weighted by molar-refractivity contribution is 0.159. The minimum atomic E-state index is -0.173. The third-order valence-corrected chi connectivity index (χ3v) is 4.31. The highest BCUT2D eigenvalue weighted by atomic mass is 35.5. The predicted octanol–water partition coefficient (Wildman–Crippen LogP) is 4.69. The van der Waals surface area contributed by atoms with E-state index >= 15 is 0 Å². The molecule has 0 radical (unpaired) electrons. The molecule has 1 aliphatic rings. The molecule has 0 amide bonds. The van der Waals surface area contributed by atoms with E-state index in [2.05, 4.69) is 30.9 Å². The summed E-state index contributed by atoms with van der Waals surface area (Å²) in [4.78, 5) is 4.41. The van der Waals surface area contributed by atoms with E-state index in [0.29, 0.717) is 17.2 Å². The largest absolute Gasteiger partial charge is 0.339 e. The van der Waals surface area contributed by atoms with Gasteiger partial charge in [-0.2, -0.15) is 4.98 Å². The number of nitrogens with zero attached hydrogens (tertiary/aromatic N) is 2. The Balaban J connectivity index is 1.97. The van der Waals surface area contributed by atoms with E-state index in [0.717, 1.165) is 24.7 Å². The van der Waals surface area contributed by atoms with Crippen molar-refractivity contribution in [3.05, 3.63) is 11.7 Å². The number of alkyl halides is 1. The molecule has 0 N–H and O–H groups in total. The Hall–Kier alpha value is -0.570. The molecule has 3 nitrogen and oxygen atoms in total. The molecule has 1 aromatic rings. The zero-order valence-corrected chi connectivity index (χ0v) is 12.5. The summed E-state index contributed by atoms with van der Waals surface area (Å²) in [7, 11) is 0. The van der Waals surface area contributed by atoms with Gasteiger partial charge in [0.25, 0.3) is 0 Å². The van der Waals surface area contributed by atoms with Crippen LogP contribution in [0, 0.1) is 11.3 Å². The van der Waals surface area contributed by atoms with E-state index in [1.807, 2.05) is 6.92 Å². The molecule has 1 unspecified atom stereocenters. The Labute approximate surface area is 114 Å². The van der Waals surface area contributed by atoms with Crippen molar-refractivity contribution in [2.24, 2.45) is 11.3 Å². The first-order valence-corrected chi connectivity index (χ1v) is 7.29. The summed E-state index contributed by atoms with van der Waals surface area (Å²) in [5.74, 6) is 2.64. The fraction of sp³-hybridized carbons (Fsp3) is 0.857. The van der Waals surface area contributed by atoms with Crippen molar-refractivity contribution < 1.29 is 4.52 Å². The zero-order chi connectivity index (χ0) is 13.3. The Kier molecular flexibility index (Phi) is 4.00.